The molecule has 0 radical (unpaired) electrons. The van der Waals surface area contributed by atoms with E-state index < -0.39 is 0 Å². The molecule has 2 heterocycles. The highest BCUT2D eigenvalue weighted by molar-refractivity contribution is 5.90. The van der Waals surface area contributed by atoms with Crippen LogP contribution in [0.4, 0.5) is 0 Å². The van der Waals surface area contributed by atoms with Gasteiger partial charge in [0.25, 0.3) is 0 Å². The Bertz CT molecular complexity index is 589. The number of piperazine rings is 1. The highest BCUT2D eigenvalue weighted by atomic mass is 16.2. The first-order valence-electron chi connectivity index (χ1n) is 8.92. The molecule has 130 valence electrons. The molecule has 1 N–H and O–H groups in total. The number of carbonyl (C=O) groups excluding carboxylic acids is 2. The van der Waals surface area contributed by atoms with Gasteiger partial charge in [0, 0.05) is 39.1 Å². The van der Waals surface area contributed by atoms with E-state index in [1.165, 1.54) is 11.1 Å². The fraction of sp³-hybridized carbons (Fsp3) is 0.579. The van der Waals surface area contributed by atoms with Crippen LogP contribution in [0, 0.1) is 0 Å². The largest absolute Gasteiger partial charge is 0.344 e. The lowest BCUT2D eigenvalue weighted by atomic mass is 10.0. The predicted molar refractivity (Wildman–Crippen MR) is 93.6 cm³/mol. The minimum Gasteiger partial charge on any atom is -0.344 e. The van der Waals surface area contributed by atoms with Gasteiger partial charge in [0.1, 0.15) is 6.04 Å². The summed E-state index contributed by atoms with van der Waals surface area (Å²) in [6, 6.07) is 8.54. The molecule has 2 amide bonds. The van der Waals surface area contributed by atoms with Gasteiger partial charge in [-0.2, -0.15) is 0 Å². The van der Waals surface area contributed by atoms with Crippen LogP contribution in [0.2, 0.25) is 0 Å². The number of hydrogen-bond donors (Lipinski definition) is 1. The van der Waals surface area contributed by atoms with Gasteiger partial charge in [0.15, 0.2) is 0 Å². The van der Waals surface area contributed by atoms with Crippen molar-refractivity contribution in [3.63, 3.8) is 0 Å². The Labute approximate surface area is 144 Å². The van der Waals surface area contributed by atoms with Gasteiger partial charge in [0.2, 0.25) is 11.8 Å². The van der Waals surface area contributed by atoms with Crippen molar-refractivity contribution in [2.45, 2.75) is 45.2 Å². The van der Waals surface area contributed by atoms with Crippen LogP contribution < -0.4 is 5.32 Å². The molecule has 0 bridgehead atoms. The fourth-order valence-corrected chi connectivity index (χ4v) is 3.41. The second-order valence-corrected chi connectivity index (χ2v) is 7.16. The number of benzene rings is 1. The molecule has 1 aromatic rings. The zero-order valence-electron chi connectivity index (χ0n) is 14.6. The summed E-state index contributed by atoms with van der Waals surface area (Å²) < 4.78 is 0. The molecular weight excluding hydrogens is 302 g/mol. The minimum absolute atomic E-state index is 0.00293. The molecule has 24 heavy (non-hydrogen) atoms. The number of amides is 2. The van der Waals surface area contributed by atoms with Crippen LogP contribution >= 0.6 is 0 Å². The fourth-order valence-electron chi connectivity index (χ4n) is 3.41. The maximum Gasteiger partial charge on any atom is 0.245 e. The lowest BCUT2D eigenvalue weighted by molar-refractivity contribution is -0.136. The Morgan fingerprint density at radius 3 is 2.38 bits per heavy atom. The molecule has 1 aromatic carbocycles. The average molecular weight is 329 g/mol. The molecule has 5 nitrogen and oxygen atoms in total. The molecule has 5 heteroatoms. The lowest BCUT2D eigenvalue weighted by Crippen LogP contribution is -2.53. The van der Waals surface area contributed by atoms with E-state index in [2.05, 4.69) is 48.3 Å². The molecule has 2 saturated heterocycles. The molecule has 2 aliphatic heterocycles. The van der Waals surface area contributed by atoms with Gasteiger partial charge in [-0.05, 0) is 23.5 Å². The SMILES string of the molecule is CC(C)c1ccc(CN2CCN(C(=O)C3CCC(=O)N3)CC2)cc1. The summed E-state index contributed by atoms with van der Waals surface area (Å²) in [7, 11) is 0. The number of nitrogens with one attached hydrogen (secondary N) is 1. The van der Waals surface area contributed by atoms with E-state index in [0.717, 1.165) is 32.7 Å². The smallest absolute Gasteiger partial charge is 0.245 e. The molecule has 0 spiro atoms. The van der Waals surface area contributed by atoms with Gasteiger partial charge in [-0.3, -0.25) is 14.5 Å². The average Bonchev–Trinajstić information content (AvgIpc) is 3.02. The topological polar surface area (TPSA) is 52.7 Å². The summed E-state index contributed by atoms with van der Waals surface area (Å²) in [4.78, 5) is 28.0. The molecule has 3 rings (SSSR count). The van der Waals surface area contributed by atoms with E-state index in [4.69, 9.17) is 0 Å². The van der Waals surface area contributed by atoms with Crippen molar-refractivity contribution in [2.75, 3.05) is 26.2 Å². The predicted octanol–water partition coefficient (Wildman–Crippen LogP) is 1.73. The van der Waals surface area contributed by atoms with Crippen molar-refractivity contribution < 1.29 is 9.59 Å². The number of hydrogen-bond acceptors (Lipinski definition) is 3. The number of carbonyl (C=O) groups is 2. The maximum absolute atomic E-state index is 12.4. The van der Waals surface area contributed by atoms with Crippen molar-refractivity contribution in [1.82, 2.24) is 15.1 Å². The Morgan fingerprint density at radius 1 is 1.17 bits per heavy atom. The second-order valence-electron chi connectivity index (χ2n) is 7.16. The molecule has 0 saturated carbocycles. The third-order valence-corrected chi connectivity index (χ3v) is 5.03. The molecule has 2 aliphatic rings. The Hall–Kier alpha value is -1.88. The van der Waals surface area contributed by atoms with E-state index in [-0.39, 0.29) is 17.9 Å². The Kier molecular flexibility index (Phi) is 5.19. The highest BCUT2D eigenvalue weighted by Gasteiger charge is 2.32. The first-order valence-corrected chi connectivity index (χ1v) is 8.92. The van der Waals surface area contributed by atoms with Gasteiger partial charge in [-0.25, -0.2) is 0 Å². The van der Waals surface area contributed by atoms with E-state index in [1.54, 1.807) is 0 Å². The highest BCUT2D eigenvalue weighted by Crippen LogP contribution is 2.17. The molecule has 0 aliphatic carbocycles. The van der Waals surface area contributed by atoms with Crippen molar-refractivity contribution in [1.29, 1.82) is 0 Å². The van der Waals surface area contributed by atoms with Crippen molar-refractivity contribution in [2.24, 2.45) is 0 Å². The molecule has 1 unspecified atom stereocenters. The minimum atomic E-state index is -0.298. The summed E-state index contributed by atoms with van der Waals surface area (Å²) in [6.07, 6.45) is 1.11. The number of nitrogens with zero attached hydrogens (tertiary/aromatic N) is 2. The van der Waals surface area contributed by atoms with Gasteiger partial charge in [0.05, 0.1) is 0 Å². The summed E-state index contributed by atoms with van der Waals surface area (Å²) in [5, 5.41) is 2.77. The number of rotatable bonds is 4. The van der Waals surface area contributed by atoms with Crippen molar-refractivity contribution in [3.05, 3.63) is 35.4 Å². The monoisotopic (exact) mass is 329 g/mol. The van der Waals surface area contributed by atoms with Crippen molar-refractivity contribution >= 4 is 11.8 Å². The molecule has 0 aromatic heterocycles. The molecule has 2 fully saturated rings. The molecular formula is C19H27N3O2. The van der Waals surface area contributed by atoms with Crippen LogP contribution in [-0.4, -0.2) is 53.8 Å². The summed E-state index contributed by atoms with van der Waals surface area (Å²) in [5.41, 5.74) is 2.69. The zero-order chi connectivity index (χ0) is 17.1. The van der Waals surface area contributed by atoms with Crippen LogP contribution in [0.25, 0.3) is 0 Å². The van der Waals surface area contributed by atoms with Crippen LogP contribution in [0.3, 0.4) is 0 Å². The van der Waals surface area contributed by atoms with E-state index in [0.29, 0.717) is 18.8 Å². The third kappa shape index (κ3) is 3.96. The normalized spacial score (nSPS) is 22.0. The summed E-state index contributed by atoms with van der Waals surface area (Å²) in [6.45, 7) is 8.61. The quantitative estimate of drug-likeness (QED) is 0.915. The van der Waals surface area contributed by atoms with Crippen molar-refractivity contribution in [3.8, 4) is 0 Å². The first kappa shape index (κ1) is 17.0. The van der Waals surface area contributed by atoms with E-state index >= 15 is 0 Å². The summed E-state index contributed by atoms with van der Waals surface area (Å²) in [5.74, 6) is 0.642. The van der Waals surface area contributed by atoms with Gasteiger partial charge in [-0.15, -0.1) is 0 Å². The van der Waals surface area contributed by atoms with Crippen LogP contribution in [0.5, 0.6) is 0 Å². The first-order chi connectivity index (χ1) is 11.5. The Morgan fingerprint density at radius 2 is 1.83 bits per heavy atom. The van der Waals surface area contributed by atoms with E-state index in [9.17, 15) is 9.59 Å². The van der Waals surface area contributed by atoms with Gasteiger partial charge >= 0.3 is 0 Å². The van der Waals surface area contributed by atoms with Crippen LogP contribution in [0.1, 0.15) is 43.7 Å². The summed E-state index contributed by atoms with van der Waals surface area (Å²) >= 11 is 0. The third-order valence-electron chi connectivity index (χ3n) is 5.03. The Balaban J connectivity index is 1.48. The zero-order valence-corrected chi connectivity index (χ0v) is 14.6. The standard InChI is InChI=1S/C19H27N3O2/c1-14(2)16-5-3-15(4-6-16)13-21-9-11-22(12-10-21)19(24)17-7-8-18(23)20-17/h3-6,14,17H,7-13H2,1-2H3,(H,20,23). The lowest BCUT2D eigenvalue weighted by Gasteiger charge is -2.35. The van der Waals surface area contributed by atoms with Crippen LogP contribution in [0.15, 0.2) is 24.3 Å². The van der Waals surface area contributed by atoms with Gasteiger partial charge < -0.3 is 10.2 Å². The maximum atomic E-state index is 12.4. The van der Waals surface area contributed by atoms with Crippen LogP contribution in [-0.2, 0) is 16.1 Å². The van der Waals surface area contributed by atoms with E-state index in [1.807, 2.05) is 4.90 Å². The second kappa shape index (κ2) is 7.34. The van der Waals surface area contributed by atoms with Gasteiger partial charge in [-0.1, -0.05) is 38.1 Å². The molecule has 1 atom stereocenters.